The molecule has 0 unspecified atom stereocenters. The van der Waals surface area contributed by atoms with E-state index in [0.29, 0.717) is 18.7 Å². The maximum atomic E-state index is 13.7. The third-order valence-electron chi connectivity index (χ3n) is 4.06. The van der Waals surface area contributed by atoms with Crippen LogP contribution in [0.25, 0.3) is 11.0 Å². The molecule has 1 aromatic carbocycles. The number of aromatic amines is 1. The molecule has 0 bridgehead atoms. The number of para-hydroxylation sites is 1. The van der Waals surface area contributed by atoms with Gasteiger partial charge in [0.15, 0.2) is 5.82 Å². The highest BCUT2D eigenvalue weighted by atomic mass is 19.1. The number of halogens is 1. The summed E-state index contributed by atoms with van der Waals surface area (Å²) in [6.45, 7) is 3.72. The topological polar surface area (TPSA) is 59.0 Å². The number of nitrogens with zero attached hydrogens (tertiary/aromatic N) is 4. The van der Waals surface area contributed by atoms with Gasteiger partial charge in [-0.05, 0) is 18.2 Å². The summed E-state index contributed by atoms with van der Waals surface area (Å²) in [5.74, 6) is 0.494. The molecule has 0 saturated carbocycles. The van der Waals surface area contributed by atoms with Crippen LogP contribution in [0.2, 0.25) is 0 Å². The van der Waals surface area contributed by atoms with E-state index in [1.807, 2.05) is 23.0 Å². The predicted octanol–water partition coefficient (Wildman–Crippen LogP) is 1.80. The van der Waals surface area contributed by atoms with Crippen molar-refractivity contribution in [3.05, 3.63) is 48.3 Å². The lowest BCUT2D eigenvalue weighted by Gasteiger charge is -2.32. The number of nitrogens with one attached hydrogen (secondary N) is 1. The summed E-state index contributed by atoms with van der Waals surface area (Å²) >= 11 is 0. The van der Waals surface area contributed by atoms with Crippen molar-refractivity contribution in [3.8, 4) is 0 Å². The maximum Gasteiger partial charge on any atom is 0.151 e. The Bertz CT molecular complexity index is 785. The van der Waals surface area contributed by atoms with E-state index in [4.69, 9.17) is 4.74 Å². The molecule has 0 radical (unpaired) electrons. The molecule has 0 spiro atoms. The predicted molar refractivity (Wildman–Crippen MR) is 83.3 cm³/mol. The van der Waals surface area contributed by atoms with Crippen LogP contribution in [0.15, 0.2) is 36.7 Å². The van der Waals surface area contributed by atoms with E-state index < -0.39 is 0 Å². The monoisotopic (exact) mass is 315 g/mol. The van der Waals surface area contributed by atoms with Gasteiger partial charge in [-0.25, -0.2) is 9.37 Å². The molecule has 120 valence electrons. The van der Waals surface area contributed by atoms with Gasteiger partial charge in [-0.2, -0.15) is 5.10 Å². The summed E-state index contributed by atoms with van der Waals surface area (Å²) in [5.41, 5.74) is 1.14. The molecule has 0 aliphatic carbocycles. The first kappa shape index (κ1) is 14.3. The second kappa shape index (κ2) is 6.10. The second-order valence-corrected chi connectivity index (χ2v) is 5.78. The maximum absolute atomic E-state index is 13.7. The van der Waals surface area contributed by atoms with Crippen molar-refractivity contribution in [2.45, 2.75) is 19.2 Å². The Hall–Kier alpha value is -2.25. The molecule has 1 atom stereocenters. The van der Waals surface area contributed by atoms with E-state index in [1.54, 1.807) is 12.3 Å². The lowest BCUT2D eigenvalue weighted by Crippen LogP contribution is -2.43. The molecule has 1 aliphatic heterocycles. The summed E-state index contributed by atoms with van der Waals surface area (Å²) in [4.78, 5) is 9.84. The molecule has 1 aliphatic rings. The summed E-state index contributed by atoms with van der Waals surface area (Å²) in [6.07, 6.45) is 3.80. The van der Waals surface area contributed by atoms with Gasteiger partial charge in [-0.15, -0.1) is 0 Å². The molecule has 2 aromatic heterocycles. The molecule has 0 amide bonds. The van der Waals surface area contributed by atoms with Gasteiger partial charge < -0.3 is 9.72 Å². The van der Waals surface area contributed by atoms with Gasteiger partial charge in [-0.1, -0.05) is 6.07 Å². The van der Waals surface area contributed by atoms with Crippen LogP contribution >= 0.6 is 0 Å². The van der Waals surface area contributed by atoms with Crippen molar-refractivity contribution < 1.29 is 9.13 Å². The molecular formula is C16H18FN5O. The third-order valence-corrected chi connectivity index (χ3v) is 4.06. The number of morpholine rings is 1. The quantitative estimate of drug-likeness (QED) is 0.797. The average molecular weight is 315 g/mol. The summed E-state index contributed by atoms with van der Waals surface area (Å²) in [6, 6.07) is 6.87. The summed E-state index contributed by atoms with van der Waals surface area (Å²) in [7, 11) is 0. The van der Waals surface area contributed by atoms with Gasteiger partial charge in [0.1, 0.15) is 11.3 Å². The minimum Gasteiger partial charge on any atom is -0.374 e. The minimum absolute atomic E-state index is 0.102. The lowest BCUT2D eigenvalue weighted by atomic mass is 10.2. The van der Waals surface area contributed by atoms with Gasteiger partial charge >= 0.3 is 0 Å². The number of benzene rings is 1. The van der Waals surface area contributed by atoms with Gasteiger partial charge in [0.25, 0.3) is 0 Å². The fraction of sp³-hybridized carbons (Fsp3) is 0.375. The van der Waals surface area contributed by atoms with Crippen LogP contribution in [0.3, 0.4) is 0 Å². The summed E-state index contributed by atoms with van der Waals surface area (Å²) < 4.78 is 21.4. The molecule has 3 heterocycles. The van der Waals surface area contributed by atoms with Crippen LogP contribution in [0.5, 0.6) is 0 Å². The number of fused-ring (bicyclic) bond motifs is 1. The highest BCUT2D eigenvalue weighted by molar-refractivity contribution is 5.75. The molecule has 1 N–H and O–H groups in total. The zero-order chi connectivity index (χ0) is 15.6. The fourth-order valence-electron chi connectivity index (χ4n) is 2.99. The first-order valence-electron chi connectivity index (χ1n) is 7.72. The van der Waals surface area contributed by atoms with Crippen molar-refractivity contribution in [3.63, 3.8) is 0 Å². The lowest BCUT2D eigenvalue weighted by molar-refractivity contribution is -0.0408. The molecular weight excluding hydrogens is 297 g/mol. The molecule has 23 heavy (non-hydrogen) atoms. The Kier molecular flexibility index (Phi) is 3.80. The smallest absolute Gasteiger partial charge is 0.151 e. The number of H-pyrrole nitrogens is 1. The van der Waals surface area contributed by atoms with Gasteiger partial charge in [0.05, 0.1) is 31.3 Å². The Balaban J connectivity index is 1.44. The minimum atomic E-state index is -0.288. The first-order valence-corrected chi connectivity index (χ1v) is 7.72. The van der Waals surface area contributed by atoms with Crippen molar-refractivity contribution in [2.75, 3.05) is 19.7 Å². The second-order valence-electron chi connectivity index (χ2n) is 5.78. The molecule has 1 fully saturated rings. The number of hydrogen-bond donors (Lipinski definition) is 1. The van der Waals surface area contributed by atoms with Crippen LogP contribution in [-0.4, -0.2) is 50.4 Å². The summed E-state index contributed by atoms with van der Waals surface area (Å²) in [5, 5.41) is 4.22. The zero-order valence-electron chi connectivity index (χ0n) is 12.7. The van der Waals surface area contributed by atoms with Gasteiger partial charge in [-0.3, -0.25) is 9.58 Å². The van der Waals surface area contributed by atoms with E-state index in [9.17, 15) is 4.39 Å². The number of rotatable bonds is 4. The number of imidazole rings is 1. The highest BCUT2D eigenvalue weighted by Gasteiger charge is 2.22. The van der Waals surface area contributed by atoms with E-state index in [1.165, 1.54) is 6.07 Å². The van der Waals surface area contributed by atoms with Crippen LogP contribution in [0.4, 0.5) is 4.39 Å². The zero-order valence-corrected chi connectivity index (χ0v) is 12.7. The van der Waals surface area contributed by atoms with Crippen LogP contribution in [-0.2, 0) is 17.8 Å². The van der Waals surface area contributed by atoms with E-state index in [0.717, 1.165) is 31.0 Å². The number of hydrogen-bond acceptors (Lipinski definition) is 4. The van der Waals surface area contributed by atoms with E-state index in [2.05, 4.69) is 20.0 Å². The average Bonchev–Trinajstić information content (AvgIpc) is 3.18. The van der Waals surface area contributed by atoms with Crippen molar-refractivity contribution >= 4 is 11.0 Å². The van der Waals surface area contributed by atoms with E-state index >= 15 is 0 Å². The van der Waals surface area contributed by atoms with Crippen molar-refractivity contribution in [1.29, 1.82) is 0 Å². The Labute approximate surface area is 132 Å². The largest absolute Gasteiger partial charge is 0.374 e. The molecule has 1 saturated heterocycles. The van der Waals surface area contributed by atoms with Crippen LogP contribution in [0.1, 0.15) is 5.82 Å². The normalized spacial score (nSPS) is 19.4. The molecule has 3 aromatic rings. The molecule has 7 heteroatoms. The Morgan fingerprint density at radius 2 is 2.30 bits per heavy atom. The first-order chi connectivity index (χ1) is 11.3. The van der Waals surface area contributed by atoms with Crippen molar-refractivity contribution in [2.24, 2.45) is 0 Å². The third kappa shape index (κ3) is 3.11. The van der Waals surface area contributed by atoms with Crippen molar-refractivity contribution in [1.82, 2.24) is 24.6 Å². The van der Waals surface area contributed by atoms with Crippen LogP contribution < -0.4 is 0 Å². The number of ether oxygens (including phenoxy) is 1. The Morgan fingerprint density at radius 3 is 3.13 bits per heavy atom. The van der Waals surface area contributed by atoms with Crippen LogP contribution in [0, 0.1) is 5.82 Å². The number of aromatic nitrogens is 4. The highest BCUT2D eigenvalue weighted by Crippen LogP contribution is 2.17. The fourth-order valence-corrected chi connectivity index (χ4v) is 2.99. The molecule has 6 nitrogen and oxygen atoms in total. The van der Waals surface area contributed by atoms with Gasteiger partial charge in [0, 0.05) is 25.5 Å². The molecule has 4 rings (SSSR count). The standard InChI is InChI=1S/C16H18FN5O/c17-13-3-1-4-14-16(13)20-15(19-14)11-21-7-8-23-12(9-21)10-22-6-2-5-18-22/h1-6,12H,7-11H2,(H,19,20)/t12-/m0/s1. The van der Waals surface area contributed by atoms with Gasteiger partial charge in [0.2, 0.25) is 0 Å². The Morgan fingerprint density at radius 1 is 1.35 bits per heavy atom. The SMILES string of the molecule is Fc1cccc2[nH]c(CN3CCO[C@H](Cn4cccn4)C3)nc12. The van der Waals surface area contributed by atoms with E-state index in [-0.39, 0.29) is 11.9 Å².